The number of hydrogen-bond acceptors (Lipinski definition) is 4. The standard InChI is InChI=1S/C12H7F3N4O/c13-12(14,15)10-9(11-16-7-18-20-11)6-17-19(10)8-4-2-1-3-5-8/h1-7H. The van der Waals surface area contributed by atoms with Crippen molar-refractivity contribution in [1.82, 2.24) is 19.9 Å². The van der Waals surface area contributed by atoms with Gasteiger partial charge in [-0.1, -0.05) is 23.4 Å². The van der Waals surface area contributed by atoms with Crippen LogP contribution in [0.2, 0.25) is 0 Å². The fraction of sp³-hybridized carbons (Fsp3) is 0.0833. The number of rotatable bonds is 2. The Morgan fingerprint density at radius 3 is 2.45 bits per heavy atom. The van der Waals surface area contributed by atoms with Crippen molar-refractivity contribution in [3.05, 3.63) is 48.5 Å². The average molecular weight is 280 g/mol. The van der Waals surface area contributed by atoms with E-state index in [0.29, 0.717) is 5.69 Å². The van der Waals surface area contributed by atoms with Crippen LogP contribution in [0.5, 0.6) is 0 Å². The molecule has 0 aliphatic rings. The molecule has 0 atom stereocenters. The van der Waals surface area contributed by atoms with Gasteiger partial charge in [0.25, 0.3) is 5.89 Å². The van der Waals surface area contributed by atoms with Crippen molar-refractivity contribution in [2.45, 2.75) is 6.18 Å². The average Bonchev–Trinajstić information content (AvgIpc) is 3.08. The van der Waals surface area contributed by atoms with Gasteiger partial charge in [-0.2, -0.15) is 23.3 Å². The molecule has 0 aliphatic carbocycles. The molecular weight excluding hydrogens is 273 g/mol. The first-order chi connectivity index (χ1) is 9.57. The minimum Gasteiger partial charge on any atom is -0.334 e. The van der Waals surface area contributed by atoms with Gasteiger partial charge in [-0.3, -0.25) is 0 Å². The Balaban J connectivity index is 2.23. The second-order valence-electron chi connectivity index (χ2n) is 3.90. The summed E-state index contributed by atoms with van der Waals surface area (Å²) in [6.45, 7) is 0. The van der Waals surface area contributed by atoms with Crippen LogP contribution in [-0.4, -0.2) is 19.9 Å². The van der Waals surface area contributed by atoms with Crippen LogP contribution < -0.4 is 0 Å². The van der Waals surface area contributed by atoms with Crippen LogP contribution >= 0.6 is 0 Å². The van der Waals surface area contributed by atoms with E-state index >= 15 is 0 Å². The normalized spacial score (nSPS) is 11.8. The molecule has 20 heavy (non-hydrogen) atoms. The summed E-state index contributed by atoms with van der Waals surface area (Å²) < 4.78 is 45.3. The predicted molar refractivity (Wildman–Crippen MR) is 61.9 cm³/mol. The summed E-state index contributed by atoms with van der Waals surface area (Å²) in [5.74, 6) is -0.223. The maximum atomic E-state index is 13.3. The first-order valence-electron chi connectivity index (χ1n) is 5.55. The predicted octanol–water partition coefficient (Wildman–Crippen LogP) is 2.94. The summed E-state index contributed by atoms with van der Waals surface area (Å²) >= 11 is 0. The van der Waals surface area contributed by atoms with Crippen molar-refractivity contribution >= 4 is 0 Å². The zero-order valence-electron chi connectivity index (χ0n) is 9.87. The molecular formula is C12H7F3N4O. The third kappa shape index (κ3) is 2.04. The molecule has 0 bridgehead atoms. The Morgan fingerprint density at radius 1 is 1.10 bits per heavy atom. The topological polar surface area (TPSA) is 56.7 Å². The molecule has 0 unspecified atom stereocenters. The first-order valence-corrected chi connectivity index (χ1v) is 5.55. The molecule has 5 nitrogen and oxygen atoms in total. The Morgan fingerprint density at radius 2 is 1.85 bits per heavy atom. The Labute approximate surface area is 110 Å². The van der Waals surface area contributed by atoms with E-state index in [4.69, 9.17) is 4.52 Å². The molecule has 0 amide bonds. The fourth-order valence-corrected chi connectivity index (χ4v) is 1.83. The van der Waals surface area contributed by atoms with Gasteiger partial charge in [0.2, 0.25) is 0 Å². The van der Waals surface area contributed by atoms with Crippen LogP contribution in [0, 0.1) is 0 Å². The summed E-state index contributed by atoms with van der Waals surface area (Å²) in [5.41, 5.74) is -0.905. The minimum absolute atomic E-state index is 0.223. The van der Waals surface area contributed by atoms with Crippen LogP contribution in [0.3, 0.4) is 0 Å². The first kappa shape index (κ1) is 12.4. The third-order valence-corrected chi connectivity index (χ3v) is 2.63. The van der Waals surface area contributed by atoms with Crippen molar-refractivity contribution in [2.75, 3.05) is 0 Å². The smallest absolute Gasteiger partial charge is 0.334 e. The number of hydrogen-bond donors (Lipinski definition) is 0. The number of para-hydroxylation sites is 1. The zero-order chi connectivity index (χ0) is 14.2. The monoisotopic (exact) mass is 280 g/mol. The van der Waals surface area contributed by atoms with E-state index in [1.54, 1.807) is 18.2 Å². The van der Waals surface area contributed by atoms with Crippen LogP contribution in [0.4, 0.5) is 13.2 Å². The van der Waals surface area contributed by atoms with E-state index in [9.17, 15) is 13.2 Å². The van der Waals surface area contributed by atoms with Crippen molar-refractivity contribution in [3.63, 3.8) is 0 Å². The molecule has 8 heteroatoms. The summed E-state index contributed by atoms with van der Waals surface area (Å²) in [6.07, 6.45) is -2.51. The van der Waals surface area contributed by atoms with E-state index in [2.05, 4.69) is 15.2 Å². The molecule has 0 saturated heterocycles. The summed E-state index contributed by atoms with van der Waals surface area (Å²) in [7, 11) is 0. The molecule has 2 heterocycles. The molecule has 0 N–H and O–H groups in total. The zero-order valence-corrected chi connectivity index (χ0v) is 9.87. The Bertz CT molecular complexity index is 704. The van der Waals surface area contributed by atoms with E-state index in [1.807, 2.05) is 0 Å². The second kappa shape index (κ2) is 4.48. The van der Waals surface area contributed by atoms with Crippen molar-refractivity contribution < 1.29 is 17.7 Å². The Hall–Kier alpha value is -2.64. The SMILES string of the molecule is FC(F)(F)c1c(-c2ncno2)cnn1-c1ccccc1. The second-order valence-corrected chi connectivity index (χ2v) is 3.90. The fourth-order valence-electron chi connectivity index (χ4n) is 1.83. The van der Waals surface area contributed by atoms with Gasteiger partial charge >= 0.3 is 6.18 Å². The van der Waals surface area contributed by atoms with Gasteiger partial charge in [-0.15, -0.1) is 0 Å². The number of benzene rings is 1. The van der Waals surface area contributed by atoms with Crippen LogP contribution in [0.15, 0.2) is 47.4 Å². The highest BCUT2D eigenvalue weighted by Crippen LogP contribution is 2.37. The van der Waals surface area contributed by atoms with Crippen molar-refractivity contribution in [1.29, 1.82) is 0 Å². The van der Waals surface area contributed by atoms with Crippen molar-refractivity contribution in [2.24, 2.45) is 0 Å². The largest absolute Gasteiger partial charge is 0.434 e. The lowest BCUT2D eigenvalue weighted by Crippen LogP contribution is -2.14. The lowest BCUT2D eigenvalue weighted by molar-refractivity contribution is -0.142. The van der Waals surface area contributed by atoms with Gasteiger partial charge in [0.15, 0.2) is 12.0 Å². The van der Waals surface area contributed by atoms with E-state index in [-0.39, 0.29) is 11.5 Å². The maximum absolute atomic E-state index is 13.3. The molecule has 0 spiro atoms. The number of halogens is 3. The van der Waals surface area contributed by atoms with E-state index < -0.39 is 11.9 Å². The quantitative estimate of drug-likeness (QED) is 0.724. The molecule has 3 rings (SSSR count). The third-order valence-electron chi connectivity index (χ3n) is 2.63. The lowest BCUT2D eigenvalue weighted by atomic mass is 10.2. The highest BCUT2D eigenvalue weighted by atomic mass is 19.4. The minimum atomic E-state index is -4.60. The molecule has 3 aromatic rings. The summed E-state index contributed by atoms with van der Waals surface area (Å²) in [4.78, 5) is 3.64. The molecule has 0 saturated carbocycles. The molecule has 0 aliphatic heterocycles. The van der Waals surface area contributed by atoms with E-state index in [1.165, 1.54) is 12.1 Å². The molecule has 1 aromatic carbocycles. The number of aromatic nitrogens is 4. The molecule has 0 fully saturated rings. The highest BCUT2D eigenvalue weighted by molar-refractivity contribution is 5.58. The highest BCUT2D eigenvalue weighted by Gasteiger charge is 2.40. The molecule has 2 aromatic heterocycles. The van der Waals surface area contributed by atoms with Gasteiger partial charge < -0.3 is 4.52 Å². The molecule has 0 radical (unpaired) electrons. The number of alkyl halides is 3. The van der Waals surface area contributed by atoms with Gasteiger partial charge in [-0.25, -0.2) is 4.68 Å². The Kier molecular flexibility index (Phi) is 2.78. The summed E-state index contributed by atoms with van der Waals surface area (Å²) in [6, 6.07) is 8.02. The van der Waals surface area contributed by atoms with Crippen molar-refractivity contribution in [3.8, 4) is 17.1 Å². The maximum Gasteiger partial charge on any atom is 0.434 e. The lowest BCUT2D eigenvalue weighted by Gasteiger charge is -2.11. The number of nitrogens with zero attached hydrogens (tertiary/aromatic N) is 4. The molecule has 102 valence electrons. The van der Waals surface area contributed by atoms with Gasteiger partial charge in [0, 0.05) is 0 Å². The van der Waals surface area contributed by atoms with Gasteiger partial charge in [-0.05, 0) is 12.1 Å². The van der Waals surface area contributed by atoms with Gasteiger partial charge in [0.05, 0.1) is 17.4 Å². The summed E-state index contributed by atoms with van der Waals surface area (Å²) in [5, 5.41) is 7.09. The van der Waals surface area contributed by atoms with Gasteiger partial charge in [0.1, 0.15) is 0 Å². The van der Waals surface area contributed by atoms with E-state index in [0.717, 1.165) is 17.2 Å². The van der Waals surface area contributed by atoms with Crippen LogP contribution in [-0.2, 0) is 6.18 Å². The van der Waals surface area contributed by atoms with Crippen LogP contribution in [0.1, 0.15) is 5.69 Å². The van der Waals surface area contributed by atoms with Crippen LogP contribution in [0.25, 0.3) is 17.1 Å².